The molecule has 0 aliphatic carbocycles. The van der Waals surface area contributed by atoms with Crippen LogP contribution in [-0.2, 0) is 14.3 Å². The van der Waals surface area contributed by atoms with Gasteiger partial charge in [0.25, 0.3) is 5.91 Å². The summed E-state index contributed by atoms with van der Waals surface area (Å²) in [6.45, 7) is 7.19. The Morgan fingerprint density at radius 2 is 1.75 bits per heavy atom. The zero-order valence-electron chi connectivity index (χ0n) is 16.4. The van der Waals surface area contributed by atoms with E-state index in [0.29, 0.717) is 28.8 Å². The topological polar surface area (TPSA) is 73.9 Å². The highest BCUT2D eigenvalue weighted by Crippen LogP contribution is 2.27. The monoisotopic (exact) mass is 405 g/mol. The number of aryl methyl sites for hydroxylation is 2. The molecule has 0 fully saturated rings. The average Bonchev–Trinajstić information content (AvgIpc) is 2.62. The summed E-state index contributed by atoms with van der Waals surface area (Å²) in [7, 11) is 0. The van der Waals surface area contributed by atoms with Crippen LogP contribution in [0.1, 0.15) is 25.0 Å². The van der Waals surface area contributed by atoms with E-state index in [-0.39, 0.29) is 6.61 Å². The number of carbonyl (C=O) groups is 2. The van der Waals surface area contributed by atoms with Gasteiger partial charge in [-0.05, 0) is 63.1 Å². The lowest BCUT2D eigenvalue weighted by atomic mass is 10.1. The Labute approximate surface area is 169 Å². The van der Waals surface area contributed by atoms with E-state index in [1.165, 1.54) is 6.92 Å². The van der Waals surface area contributed by atoms with Crippen molar-refractivity contribution in [3.05, 3.63) is 52.5 Å². The van der Waals surface area contributed by atoms with Gasteiger partial charge >= 0.3 is 5.97 Å². The van der Waals surface area contributed by atoms with Gasteiger partial charge in [-0.1, -0.05) is 23.7 Å². The number of esters is 1. The molecule has 1 N–H and O–H groups in total. The van der Waals surface area contributed by atoms with Gasteiger partial charge in [0.15, 0.2) is 12.7 Å². The number of hydrogen-bond donors (Lipinski definition) is 1. The molecule has 1 amide bonds. The van der Waals surface area contributed by atoms with Gasteiger partial charge in [-0.15, -0.1) is 0 Å². The molecular formula is C21H24ClNO5. The number of halogens is 1. The first-order valence-electron chi connectivity index (χ1n) is 8.93. The van der Waals surface area contributed by atoms with Gasteiger partial charge in [0.1, 0.15) is 11.5 Å². The molecule has 1 atom stereocenters. The number of ether oxygens (including phenoxy) is 3. The number of amides is 1. The van der Waals surface area contributed by atoms with E-state index >= 15 is 0 Å². The molecule has 7 heteroatoms. The molecule has 0 bridgehead atoms. The van der Waals surface area contributed by atoms with Gasteiger partial charge in [-0.3, -0.25) is 4.79 Å². The highest BCUT2D eigenvalue weighted by Gasteiger charge is 2.20. The quantitative estimate of drug-likeness (QED) is 0.662. The first kappa shape index (κ1) is 21.6. The minimum atomic E-state index is -0.988. The number of anilines is 1. The summed E-state index contributed by atoms with van der Waals surface area (Å²) in [6, 6.07) is 10.6. The molecule has 0 aromatic heterocycles. The van der Waals surface area contributed by atoms with Crippen molar-refractivity contribution in [1.29, 1.82) is 0 Å². The fourth-order valence-corrected chi connectivity index (χ4v) is 2.95. The zero-order valence-corrected chi connectivity index (χ0v) is 17.1. The first-order valence-corrected chi connectivity index (χ1v) is 9.31. The largest absolute Gasteiger partial charge is 0.492 e. The van der Waals surface area contributed by atoms with E-state index in [4.69, 9.17) is 25.8 Å². The van der Waals surface area contributed by atoms with Gasteiger partial charge in [-0.25, -0.2) is 4.79 Å². The lowest BCUT2D eigenvalue weighted by molar-refractivity contribution is -0.155. The summed E-state index contributed by atoms with van der Waals surface area (Å²) in [5, 5.41) is 3.30. The third kappa shape index (κ3) is 5.89. The molecular weight excluding hydrogens is 382 g/mol. The van der Waals surface area contributed by atoms with Crippen LogP contribution in [0.4, 0.5) is 5.69 Å². The van der Waals surface area contributed by atoms with Crippen LogP contribution in [-0.4, -0.2) is 31.2 Å². The van der Waals surface area contributed by atoms with Crippen LogP contribution in [0.25, 0.3) is 0 Å². The third-order valence-electron chi connectivity index (χ3n) is 3.88. The molecule has 0 saturated heterocycles. The van der Waals surface area contributed by atoms with Crippen molar-refractivity contribution in [3.8, 4) is 11.5 Å². The number of rotatable bonds is 8. The van der Waals surface area contributed by atoms with Crippen LogP contribution in [0.5, 0.6) is 11.5 Å². The molecule has 0 saturated carbocycles. The minimum absolute atomic E-state index is 0.309. The van der Waals surface area contributed by atoms with E-state index in [9.17, 15) is 9.59 Å². The lowest BCUT2D eigenvalue weighted by Crippen LogP contribution is -2.31. The van der Waals surface area contributed by atoms with E-state index in [1.54, 1.807) is 30.3 Å². The van der Waals surface area contributed by atoms with Crippen molar-refractivity contribution in [3.63, 3.8) is 0 Å². The number of benzene rings is 2. The predicted octanol–water partition coefficient (Wildman–Crippen LogP) is 4.30. The molecule has 0 aliphatic rings. The van der Waals surface area contributed by atoms with Crippen LogP contribution < -0.4 is 14.8 Å². The molecule has 0 unspecified atom stereocenters. The minimum Gasteiger partial charge on any atom is -0.492 e. The van der Waals surface area contributed by atoms with Crippen molar-refractivity contribution >= 4 is 29.2 Å². The highest BCUT2D eigenvalue weighted by atomic mass is 35.5. The Kier molecular flexibility index (Phi) is 7.70. The van der Waals surface area contributed by atoms with Gasteiger partial charge in [0.2, 0.25) is 0 Å². The maximum absolute atomic E-state index is 12.3. The maximum Gasteiger partial charge on any atom is 0.344 e. The van der Waals surface area contributed by atoms with Crippen molar-refractivity contribution in [2.24, 2.45) is 0 Å². The summed E-state index contributed by atoms with van der Waals surface area (Å²) in [4.78, 5) is 24.4. The fraction of sp³-hybridized carbons (Fsp3) is 0.333. The van der Waals surface area contributed by atoms with E-state index in [2.05, 4.69) is 5.32 Å². The van der Waals surface area contributed by atoms with E-state index in [0.717, 1.165) is 11.1 Å². The number of hydrogen-bond acceptors (Lipinski definition) is 5. The summed E-state index contributed by atoms with van der Waals surface area (Å²) in [6.07, 6.45) is -0.988. The lowest BCUT2D eigenvalue weighted by Gasteiger charge is -2.16. The van der Waals surface area contributed by atoms with Crippen molar-refractivity contribution < 1.29 is 23.8 Å². The molecule has 0 spiro atoms. The molecule has 2 aromatic rings. The van der Waals surface area contributed by atoms with Crippen LogP contribution in [0.2, 0.25) is 5.02 Å². The van der Waals surface area contributed by atoms with E-state index in [1.807, 2.05) is 26.8 Å². The van der Waals surface area contributed by atoms with Crippen LogP contribution in [0, 0.1) is 13.8 Å². The Bertz CT molecular complexity index is 829. The third-order valence-corrected chi connectivity index (χ3v) is 4.10. The van der Waals surface area contributed by atoms with E-state index < -0.39 is 18.0 Å². The molecule has 150 valence electrons. The normalized spacial score (nSPS) is 11.5. The summed E-state index contributed by atoms with van der Waals surface area (Å²) in [5.74, 6) is 0.0202. The molecule has 0 heterocycles. The smallest absolute Gasteiger partial charge is 0.344 e. The summed E-state index contributed by atoms with van der Waals surface area (Å²) in [5.41, 5.74) is 2.15. The molecule has 6 nitrogen and oxygen atoms in total. The van der Waals surface area contributed by atoms with Crippen molar-refractivity contribution in [1.82, 2.24) is 0 Å². The number of para-hydroxylation sites is 2. The second kappa shape index (κ2) is 9.99. The Balaban J connectivity index is 1.91. The molecule has 0 aliphatic heterocycles. The highest BCUT2D eigenvalue weighted by molar-refractivity contribution is 6.30. The molecule has 0 radical (unpaired) electrons. The van der Waals surface area contributed by atoms with Crippen LogP contribution in [0.3, 0.4) is 0 Å². The molecule has 2 rings (SSSR count). The Hall–Kier alpha value is -2.73. The van der Waals surface area contributed by atoms with Crippen molar-refractivity contribution in [2.45, 2.75) is 33.8 Å². The zero-order chi connectivity index (χ0) is 20.7. The predicted molar refractivity (Wildman–Crippen MR) is 108 cm³/mol. The van der Waals surface area contributed by atoms with Gasteiger partial charge in [-0.2, -0.15) is 0 Å². The maximum atomic E-state index is 12.3. The summed E-state index contributed by atoms with van der Waals surface area (Å²) < 4.78 is 16.2. The second-order valence-corrected chi connectivity index (χ2v) is 6.64. The first-order chi connectivity index (χ1) is 13.3. The van der Waals surface area contributed by atoms with Gasteiger partial charge < -0.3 is 19.5 Å². The van der Waals surface area contributed by atoms with Gasteiger partial charge in [0.05, 0.1) is 12.3 Å². The average molecular weight is 406 g/mol. The summed E-state index contributed by atoms with van der Waals surface area (Å²) >= 11 is 5.99. The van der Waals surface area contributed by atoms with Crippen molar-refractivity contribution in [2.75, 3.05) is 18.5 Å². The van der Waals surface area contributed by atoms with Gasteiger partial charge in [0, 0.05) is 5.02 Å². The Morgan fingerprint density at radius 1 is 1.11 bits per heavy atom. The number of nitrogens with one attached hydrogen (secondary N) is 1. The standard InChI is InChI=1S/C21H24ClNO5/c1-5-26-18-9-7-6-8-17(18)23-21(25)15(4)28-19(24)12-27-20-13(2)10-16(22)11-14(20)3/h6-11,15H,5,12H2,1-4H3,(H,23,25)/t15-/m1/s1. The second-order valence-electron chi connectivity index (χ2n) is 6.21. The van der Waals surface area contributed by atoms with Crippen LogP contribution in [0.15, 0.2) is 36.4 Å². The fourth-order valence-electron chi connectivity index (χ4n) is 2.63. The van der Waals surface area contributed by atoms with Crippen LogP contribution >= 0.6 is 11.6 Å². The SMILES string of the molecule is CCOc1ccccc1NC(=O)[C@@H](C)OC(=O)COc1c(C)cc(Cl)cc1C. The number of carbonyl (C=O) groups excluding carboxylic acids is 2. The molecule has 2 aromatic carbocycles. The Morgan fingerprint density at radius 3 is 2.39 bits per heavy atom. The molecule has 28 heavy (non-hydrogen) atoms.